The molecule has 0 unspecified atom stereocenters. The maximum Gasteiger partial charge on any atom is 0.162 e. The van der Waals surface area contributed by atoms with Gasteiger partial charge in [0.1, 0.15) is 11.5 Å². The molecule has 0 radical (unpaired) electrons. The number of ether oxygens (including phenoxy) is 1. The third-order valence-corrected chi connectivity index (χ3v) is 3.59. The van der Waals surface area contributed by atoms with Gasteiger partial charge in [-0.05, 0) is 52.7 Å². The fourth-order valence-corrected chi connectivity index (χ4v) is 2.44. The Balaban J connectivity index is 1.59. The van der Waals surface area contributed by atoms with E-state index in [1.165, 1.54) is 11.1 Å². The van der Waals surface area contributed by atoms with Crippen molar-refractivity contribution in [2.75, 3.05) is 0 Å². The monoisotopic (exact) mass is 314 g/mol. The van der Waals surface area contributed by atoms with Crippen LogP contribution in [0.2, 0.25) is 0 Å². The Hall–Kier alpha value is -3.47. The first-order valence-corrected chi connectivity index (χ1v) is 7.55. The topological polar surface area (TPSA) is 52.8 Å². The van der Waals surface area contributed by atoms with E-state index in [2.05, 4.69) is 21.5 Å². The van der Waals surface area contributed by atoms with Gasteiger partial charge in [-0.3, -0.25) is 0 Å². The van der Waals surface area contributed by atoms with E-state index < -0.39 is 0 Å². The van der Waals surface area contributed by atoms with Crippen molar-refractivity contribution in [1.82, 2.24) is 20.2 Å². The molecule has 24 heavy (non-hydrogen) atoms. The van der Waals surface area contributed by atoms with E-state index in [4.69, 9.17) is 4.74 Å². The fourth-order valence-electron chi connectivity index (χ4n) is 2.44. The van der Waals surface area contributed by atoms with Crippen LogP contribution in [0.4, 0.5) is 0 Å². The van der Waals surface area contributed by atoms with E-state index in [0.717, 1.165) is 28.3 Å². The number of rotatable bonds is 4. The molecule has 0 bridgehead atoms. The molecule has 0 amide bonds. The summed E-state index contributed by atoms with van der Waals surface area (Å²) in [6, 6.07) is 25.7. The summed E-state index contributed by atoms with van der Waals surface area (Å²) in [5, 5.41) is 11.6. The predicted octanol–water partition coefficient (Wildman–Crippen LogP) is 4.12. The fraction of sp³-hybridized carbons (Fsp3) is 0. The SMILES string of the molecule is c1ccc(Oc2cccc(-c3ccc(-n4ncnn4)cc3)c2)cc1. The highest BCUT2D eigenvalue weighted by molar-refractivity contribution is 5.66. The van der Waals surface area contributed by atoms with E-state index in [0.29, 0.717) is 0 Å². The first-order valence-electron chi connectivity index (χ1n) is 7.55. The lowest BCUT2D eigenvalue weighted by Gasteiger charge is -2.08. The van der Waals surface area contributed by atoms with Crippen LogP contribution in [-0.2, 0) is 0 Å². The minimum absolute atomic E-state index is 0.806. The van der Waals surface area contributed by atoms with Crippen LogP contribution in [0.15, 0.2) is 85.2 Å². The first-order chi connectivity index (χ1) is 11.9. The minimum atomic E-state index is 0.806. The lowest BCUT2D eigenvalue weighted by molar-refractivity contribution is 0.483. The third kappa shape index (κ3) is 3.01. The van der Waals surface area contributed by atoms with Gasteiger partial charge in [-0.15, -0.1) is 15.0 Å². The van der Waals surface area contributed by atoms with E-state index in [1.54, 1.807) is 0 Å². The molecule has 0 aliphatic carbocycles. The summed E-state index contributed by atoms with van der Waals surface area (Å²) >= 11 is 0. The molecule has 0 spiro atoms. The number of aromatic nitrogens is 4. The Bertz CT molecular complexity index is 919. The summed E-state index contributed by atoms with van der Waals surface area (Å²) in [5.74, 6) is 1.63. The average molecular weight is 314 g/mol. The van der Waals surface area contributed by atoms with E-state index in [-0.39, 0.29) is 0 Å². The number of nitrogens with zero attached hydrogens (tertiary/aromatic N) is 4. The van der Waals surface area contributed by atoms with Crippen molar-refractivity contribution in [3.63, 3.8) is 0 Å². The molecule has 0 aliphatic rings. The van der Waals surface area contributed by atoms with Crippen molar-refractivity contribution in [2.45, 2.75) is 0 Å². The number of hydrogen-bond donors (Lipinski definition) is 0. The second kappa shape index (κ2) is 6.34. The highest BCUT2D eigenvalue weighted by atomic mass is 16.5. The molecule has 3 aromatic carbocycles. The van der Waals surface area contributed by atoms with Crippen LogP contribution in [0.25, 0.3) is 16.8 Å². The minimum Gasteiger partial charge on any atom is -0.457 e. The molecule has 1 aromatic heterocycles. The van der Waals surface area contributed by atoms with Gasteiger partial charge in [-0.1, -0.05) is 42.5 Å². The number of hydrogen-bond acceptors (Lipinski definition) is 4. The largest absolute Gasteiger partial charge is 0.457 e. The first kappa shape index (κ1) is 14.1. The molecule has 5 heteroatoms. The molecule has 5 nitrogen and oxygen atoms in total. The highest BCUT2D eigenvalue weighted by Gasteiger charge is 2.03. The number of tetrazole rings is 1. The number of para-hydroxylation sites is 1. The lowest BCUT2D eigenvalue weighted by Crippen LogP contribution is -1.98. The molecule has 0 fully saturated rings. The maximum atomic E-state index is 5.89. The summed E-state index contributed by atoms with van der Waals surface area (Å²) in [5.41, 5.74) is 3.05. The Morgan fingerprint density at radius 3 is 2.25 bits per heavy atom. The van der Waals surface area contributed by atoms with Crippen molar-refractivity contribution in [2.24, 2.45) is 0 Å². The van der Waals surface area contributed by atoms with Gasteiger partial charge < -0.3 is 4.74 Å². The molecule has 4 rings (SSSR count). The van der Waals surface area contributed by atoms with Crippen LogP contribution in [0.5, 0.6) is 11.5 Å². The van der Waals surface area contributed by atoms with Crippen LogP contribution in [0.1, 0.15) is 0 Å². The molecular formula is C19H14N4O. The number of benzene rings is 3. The molecular weight excluding hydrogens is 300 g/mol. The van der Waals surface area contributed by atoms with Crippen LogP contribution < -0.4 is 4.74 Å². The highest BCUT2D eigenvalue weighted by Crippen LogP contribution is 2.27. The van der Waals surface area contributed by atoms with Crippen LogP contribution in [-0.4, -0.2) is 20.2 Å². The molecule has 1 heterocycles. The summed E-state index contributed by atoms with van der Waals surface area (Å²) in [6.45, 7) is 0. The van der Waals surface area contributed by atoms with Gasteiger partial charge in [0.25, 0.3) is 0 Å². The Morgan fingerprint density at radius 2 is 1.50 bits per heavy atom. The zero-order valence-electron chi connectivity index (χ0n) is 12.8. The van der Waals surface area contributed by atoms with E-state index in [1.807, 2.05) is 72.8 Å². The van der Waals surface area contributed by atoms with Crippen molar-refractivity contribution >= 4 is 0 Å². The summed E-state index contributed by atoms with van der Waals surface area (Å²) in [4.78, 5) is 1.48. The summed E-state index contributed by atoms with van der Waals surface area (Å²) in [6.07, 6.45) is 1.41. The zero-order chi connectivity index (χ0) is 16.2. The predicted molar refractivity (Wildman–Crippen MR) is 91.1 cm³/mol. The van der Waals surface area contributed by atoms with Crippen molar-refractivity contribution < 1.29 is 4.74 Å². The standard InChI is InChI=1S/C19H14N4O/c1-2-6-18(7-3-1)24-19-8-4-5-16(13-19)15-9-11-17(12-10-15)23-21-14-20-22-23/h1-14H. The average Bonchev–Trinajstić information content (AvgIpc) is 3.18. The van der Waals surface area contributed by atoms with Gasteiger partial charge >= 0.3 is 0 Å². The van der Waals surface area contributed by atoms with Crippen molar-refractivity contribution in [3.8, 4) is 28.3 Å². The second-order valence-electron chi connectivity index (χ2n) is 5.22. The summed E-state index contributed by atoms with van der Waals surface area (Å²) in [7, 11) is 0. The van der Waals surface area contributed by atoms with Crippen LogP contribution in [0.3, 0.4) is 0 Å². The van der Waals surface area contributed by atoms with Crippen molar-refractivity contribution in [1.29, 1.82) is 0 Å². The van der Waals surface area contributed by atoms with Gasteiger partial charge in [0, 0.05) is 0 Å². The van der Waals surface area contributed by atoms with Crippen LogP contribution in [0, 0.1) is 0 Å². The maximum absolute atomic E-state index is 5.89. The van der Waals surface area contributed by atoms with Gasteiger partial charge in [-0.2, -0.15) is 0 Å². The summed E-state index contributed by atoms with van der Waals surface area (Å²) < 4.78 is 5.89. The quantitative estimate of drug-likeness (QED) is 0.568. The lowest BCUT2D eigenvalue weighted by atomic mass is 10.1. The van der Waals surface area contributed by atoms with Gasteiger partial charge in [0.2, 0.25) is 0 Å². The molecule has 0 saturated carbocycles. The Morgan fingerprint density at radius 1 is 0.708 bits per heavy atom. The molecule has 116 valence electrons. The zero-order valence-corrected chi connectivity index (χ0v) is 12.8. The Labute approximate surface area is 139 Å². The molecule has 4 aromatic rings. The normalized spacial score (nSPS) is 10.5. The molecule has 0 aliphatic heterocycles. The van der Waals surface area contributed by atoms with Gasteiger partial charge in [0.05, 0.1) is 5.69 Å². The van der Waals surface area contributed by atoms with Crippen LogP contribution >= 0.6 is 0 Å². The molecule has 0 atom stereocenters. The van der Waals surface area contributed by atoms with E-state index in [9.17, 15) is 0 Å². The molecule has 0 N–H and O–H groups in total. The molecule has 0 saturated heterocycles. The second-order valence-corrected chi connectivity index (χ2v) is 5.22. The third-order valence-electron chi connectivity index (χ3n) is 3.59. The van der Waals surface area contributed by atoms with Gasteiger partial charge in [-0.25, -0.2) is 0 Å². The van der Waals surface area contributed by atoms with Crippen molar-refractivity contribution in [3.05, 3.63) is 85.2 Å². The van der Waals surface area contributed by atoms with E-state index >= 15 is 0 Å². The van der Waals surface area contributed by atoms with Gasteiger partial charge in [0.15, 0.2) is 6.33 Å². The Kier molecular flexibility index (Phi) is 3.73. The smallest absolute Gasteiger partial charge is 0.162 e.